The van der Waals surface area contributed by atoms with E-state index in [1.54, 1.807) is 5.92 Å². The highest BCUT2D eigenvalue weighted by atomic mass is 16.6. The molecule has 1 radical (unpaired) electrons. The number of nitro groups is 1. The van der Waals surface area contributed by atoms with Crippen molar-refractivity contribution in [2.45, 2.75) is 0 Å². The van der Waals surface area contributed by atoms with Crippen molar-refractivity contribution < 1.29 is 4.92 Å². The van der Waals surface area contributed by atoms with Gasteiger partial charge in [0, 0.05) is 4.92 Å². The van der Waals surface area contributed by atoms with Gasteiger partial charge in [-0.15, -0.1) is 0 Å². The molecular formula is C3H2NO2. The van der Waals surface area contributed by atoms with Crippen LogP contribution in [0.3, 0.4) is 0 Å². The second kappa shape index (κ2) is 2.21. The topological polar surface area (TPSA) is 43.1 Å². The molecule has 3 nitrogen and oxygen atoms in total. The zero-order chi connectivity index (χ0) is 4.99. The summed E-state index contributed by atoms with van der Waals surface area (Å²) in [6, 6.07) is 0. The summed E-state index contributed by atoms with van der Waals surface area (Å²) in [7, 11) is 0. The first kappa shape index (κ1) is 4.96. The molecule has 31 valence electrons. The zero-order valence-electron chi connectivity index (χ0n) is 2.97. The van der Waals surface area contributed by atoms with Gasteiger partial charge in [0.2, 0.25) is 0 Å². The molecular weight excluding hydrogens is 82.0 g/mol. The van der Waals surface area contributed by atoms with E-state index in [2.05, 4.69) is 0 Å². The SMILES string of the molecule is [C]#CC[N+](=O)[O-]. The molecule has 0 saturated carbocycles. The fourth-order valence-electron chi connectivity index (χ4n) is 0.0645. The molecule has 0 aliphatic heterocycles. The van der Waals surface area contributed by atoms with Crippen molar-refractivity contribution in [2.24, 2.45) is 0 Å². The van der Waals surface area contributed by atoms with Gasteiger partial charge in [-0.05, 0) is 12.3 Å². The van der Waals surface area contributed by atoms with Crippen molar-refractivity contribution in [1.29, 1.82) is 0 Å². The van der Waals surface area contributed by atoms with E-state index in [0.717, 1.165) is 0 Å². The maximum absolute atomic E-state index is 9.22. The van der Waals surface area contributed by atoms with Crippen LogP contribution in [-0.4, -0.2) is 11.5 Å². The van der Waals surface area contributed by atoms with E-state index < -0.39 is 11.5 Å². The summed E-state index contributed by atoms with van der Waals surface area (Å²) in [5.74, 6) is 1.62. The molecule has 0 heterocycles. The molecule has 0 aromatic carbocycles. The molecule has 0 amide bonds. The maximum atomic E-state index is 9.22. The first-order valence-corrected chi connectivity index (χ1v) is 1.28. The number of rotatable bonds is 1. The van der Waals surface area contributed by atoms with E-state index in [-0.39, 0.29) is 0 Å². The van der Waals surface area contributed by atoms with Crippen molar-refractivity contribution in [3.05, 3.63) is 16.5 Å². The van der Waals surface area contributed by atoms with Crippen LogP contribution in [0.5, 0.6) is 0 Å². The molecule has 0 saturated heterocycles. The Morgan fingerprint density at radius 3 is 2.50 bits per heavy atom. The normalized spacial score (nSPS) is 6.50. The van der Waals surface area contributed by atoms with E-state index in [9.17, 15) is 10.1 Å². The Bertz CT molecular complexity index is 91.5. The third-order valence-corrected chi connectivity index (χ3v) is 0.208. The molecule has 0 unspecified atom stereocenters. The molecule has 0 bridgehead atoms. The van der Waals surface area contributed by atoms with Crippen LogP contribution in [0.25, 0.3) is 0 Å². The second-order valence-electron chi connectivity index (χ2n) is 0.668. The molecule has 0 atom stereocenters. The quantitative estimate of drug-likeness (QED) is 0.252. The first-order chi connectivity index (χ1) is 2.77. The number of nitrogens with zero attached hydrogens (tertiary/aromatic N) is 1. The van der Waals surface area contributed by atoms with Crippen LogP contribution in [0, 0.1) is 22.5 Å². The summed E-state index contributed by atoms with van der Waals surface area (Å²) >= 11 is 0. The Labute approximate surface area is 35.1 Å². The predicted molar refractivity (Wildman–Crippen MR) is 19.0 cm³/mol. The Morgan fingerprint density at radius 2 is 2.50 bits per heavy atom. The summed E-state index contributed by atoms with van der Waals surface area (Å²) in [5, 5.41) is 9.22. The van der Waals surface area contributed by atoms with Gasteiger partial charge < -0.3 is 0 Å². The van der Waals surface area contributed by atoms with E-state index in [1.807, 2.05) is 0 Å². The number of hydrogen-bond acceptors (Lipinski definition) is 2. The number of hydrogen-bond donors (Lipinski definition) is 0. The Balaban J connectivity index is 3.13. The Hall–Kier alpha value is -1.04. The smallest absolute Gasteiger partial charge is 0.264 e. The Kier molecular flexibility index (Phi) is 1.83. The lowest BCUT2D eigenvalue weighted by Gasteiger charge is -1.73. The zero-order valence-corrected chi connectivity index (χ0v) is 2.97. The highest BCUT2D eigenvalue weighted by Gasteiger charge is 1.82. The van der Waals surface area contributed by atoms with Crippen LogP contribution in [0.1, 0.15) is 0 Å². The van der Waals surface area contributed by atoms with Crippen molar-refractivity contribution in [2.75, 3.05) is 6.54 Å². The molecule has 0 rings (SSSR count). The lowest BCUT2D eigenvalue weighted by molar-refractivity contribution is -0.466. The molecule has 3 heteroatoms. The van der Waals surface area contributed by atoms with Gasteiger partial charge in [-0.2, -0.15) is 0 Å². The summed E-state index contributed by atoms with van der Waals surface area (Å²) in [6.45, 7) is -0.486. The monoisotopic (exact) mass is 84.0 g/mol. The predicted octanol–water partition coefficient (Wildman–Crippen LogP) is -0.147. The van der Waals surface area contributed by atoms with Crippen LogP contribution < -0.4 is 0 Å². The van der Waals surface area contributed by atoms with Gasteiger partial charge in [0.15, 0.2) is 0 Å². The van der Waals surface area contributed by atoms with Gasteiger partial charge in [0.25, 0.3) is 6.54 Å². The average molecular weight is 84.1 g/mol. The largest absolute Gasteiger partial charge is 0.264 e. The van der Waals surface area contributed by atoms with Crippen LogP contribution in [0.15, 0.2) is 0 Å². The third-order valence-electron chi connectivity index (χ3n) is 0.208. The molecule has 6 heavy (non-hydrogen) atoms. The van der Waals surface area contributed by atoms with E-state index in [4.69, 9.17) is 6.42 Å². The van der Waals surface area contributed by atoms with E-state index in [0.29, 0.717) is 0 Å². The molecule has 0 fully saturated rings. The summed E-state index contributed by atoms with van der Waals surface area (Å²) < 4.78 is 0. The summed E-state index contributed by atoms with van der Waals surface area (Å²) in [4.78, 5) is 8.60. The maximum Gasteiger partial charge on any atom is 0.264 e. The van der Waals surface area contributed by atoms with Gasteiger partial charge >= 0.3 is 0 Å². The third kappa shape index (κ3) is 2.96. The van der Waals surface area contributed by atoms with Crippen LogP contribution >= 0.6 is 0 Å². The minimum absolute atomic E-state index is 0.486. The molecule has 0 aliphatic rings. The first-order valence-electron chi connectivity index (χ1n) is 1.28. The average Bonchev–Trinajstić information content (AvgIpc) is 1.35. The van der Waals surface area contributed by atoms with Gasteiger partial charge in [0.1, 0.15) is 0 Å². The minimum Gasteiger partial charge on any atom is -0.264 e. The highest BCUT2D eigenvalue weighted by Crippen LogP contribution is 1.58. The highest BCUT2D eigenvalue weighted by molar-refractivity contribution is 4.72. The fourth-order valence-corrected chi connectivity index (χ4v) is 0.0645. The van der Waals surface area contributed by atoms with Crippen LogP contribution in [0.2, 0.25) is 0 Å². The molecule has 0 aliphatic carbocycles. The fraction of sp³-hybridized carbons (Fsp3) is 0.333. The summed E-state index contributed by atoms with van der Waals surface area (Å²) in [5.41, 5.74) is 0. The molecule has 0 N–H and O–H groups in total. The van der Waals surface area contributed by atoms with Crippen molar-refractivity contribution in [3.8, 4) is 5.92 Å². The molecule has 0 aromatic rings. The van der Waals surface area contributed by atoms with Crippen LogP contribution in [0.4, 0.5) is 0 Å². The van der Waals surface area contributed by atoms with Crippen LogP contribution in [-0.2, 0) is 0 Å². The van der Waals surface area contributed by atoms with Gasteiger partial charge in [-0.25, -0.2) is 0 Å². The second-order valence-corrected chi connectivity index (χ2v) is 0.668. The minimum atomic E-state index is -0.618. The Morgan fingerprint density at radius 1 is 2.00 bits per heavy atom. The van der Waals surface area contributed by atoms with Crippen molar-refractivity contribution in [3.63, 3.8) is 0 Å². The van der Waals surface area contributed by atoms with Crippen molar-refractivity contribution in [1.82, 2.24) is 0 Å². The standard InChI is InChI=1S/C3H2NO2/c1-2-3-4(5)6/h3H2. The van der Waals surface area contributed by atoms with E-state index in [1.165, 1.54) is 0 Å². The van der Waals surface area contributed by atoms with Crippen molar-refractivity contribution >= 4 is 0 Å². The molecule has 0 aromatic heterocycles. The lowest BCUT2D eigenvalue weighted by Crippen LogP contribution is -1.94. The van der Waals surface area contributed by atoms with E-state index >= 15 is 0 Å². The van der Waals surface area contributed by atoms with Gasteiger partial charge in [-0.3, -0.25) is 10.1 Å². The lowest BCUT2D eigenvalue weighted by atomic mass is 10.7. The van der Waals surface area contributed by atoms with Gasteiger partial charge in [0.05, 0.1) is 0 Å². The molecule has 0 spiro atoms. The van der Waals surface area contributed by atoms with Gasteiger partial charge in [-0.1, -0.05) is 0 Å². The summed E-state index contributed by atoms with van der Waals surface area (Å²) in [6.07, 6.45) is 6.04.